The summed E-state index contributed by atoms with van der Waals surface area (Å²) in [7, 11) is 0. The van der Waals surface area contributed by atoms with E-state index in [2.05, 4.69) is 0 Å². The van der Waals surface area contributed by atoms with E-state index in [1.807, 2.05) is 0 Å². The second-order valence-corrected chi connectivity index (χ2v) is 3.56. The van der Waals surface area contributed by atoms with Crippen LogP contribution in [-0.4, -0.2) is 12.1 Å². The molecule has 0 radical (unpaired) electrons. The molecule has 0 aromatic heterocycles. The lowest BCUT2D eigenvalue weighted by atomic mass is 10.1. The molecule has 0 aliphatic heterocycles. The first-order chi connectivity index (χ1) is 7.92. The highest BCUT2D eigenvalue weighted by Gasteiger charge is 2.34. The van der Waals surface area contributed by atoms with Crippen LogP contribution < -0.4 is 0 Å². The first-order valence-corrected chi connectivity index (χ1v) is 5.23. The average molecular weight is 246 g/mol. The number of benzene rings is 1. The van der Waals surface area contributed by atoms with Gasteiger partial charge in [-0.05, 0) is 5.56 Å². The molecular formula is C12H13F3O2. The number of ether oxygens (including phenoxy) is 1. The summed E-state index contributed by atoms with van der Waals surface area (Å²) in [6, 6.07) is 7.94. The van der Waals surface area contributed by atoms with Gasteiger partial charge in [-0.25, -0.2) is 0 Å². The van der Waals surface area contributed by atoms with Crippen LogP contribution in [0.1, 0.15) is 31.4 Å². The molecule has 1 atom stereocenters. The van der Waals surface area contributed by atoms with Gasteiger partial charge in [0, 0.05) is 6.42 Å². The molecular weight excluding hydrogens is 233 g/mol. The van der Waals surface area contributed by atoms with Crippen molar-refractivity contribution in [2.24, 2.45) is 0 Å². The Morgan fingerprint density at radius 1 is 1.29 bits per heavy atom. The number of rotatable bonds is 4. The Labute approximate surface area is 97.4 Å². The van der Waals surface area contributed by atoms with Gasteiger partial charge in [-0.3, -0.25) is 4.79 Å². The lowest BCUT2D eigenvalue weighted by molar-refractivity contribution is -0.173. The average Bonchev–Trinajstić information content (AvgIpc) is 2.27. The quantitative estimate of drug-likeness (QED) is 0.758. The maximum absolute atomic E-state index is 12.4. The van der Waals surface area contributed by atoms with Crippen LogP contribution in [0.3, 0.4) is 0 Å². The van der Waals surface area contributed by atoms with Crippen molar-refractivity contribution in [3.8, 4) is 0 Å². The van der Waals surface area contributed by atoms with Crippen LogP contribution in [0, 0.1) is 0 Å². The van der Waals surface area contributed by atoms with Crippen LogP contribution in [-0.2, 0) is 9.53 Å². The van der Waals surface area contributed by atoms with Gasteiger partial charge in [0.25, 0.3) is 0 Å². The summed E-state index contributed by atoms with van der Waals surface area (Å²) >= 11 is 0. The number of carbonyl (C=O) groups is 1. The summed E-state index contributed by atoms with van der Waals surface area (Å²) in [5, 5.41) is 0. The van der Waals surface area contributed by atoms with E-state index in [0.717, 1.165) is 0 Å². The van der Waals surface area contributed by atoms with Crippen LogP contribution in [0.25, 0.3) is 0 Å². The zero-order valence-corrected chi connectivity index (χ0v) is 9.33. The summed E-state index contributed by atoms with van der Waals surface area (Å²) in [6.45, 7) is 1.54. The van der Waals surface area contributed by atoms with Gasteiger partial charge in [0.2, 0.25) is 0 Å². The van der Waals surface area contributed by atoms with Gasteiger partial charge in [-0.15, -0.1) is 0 Å². The predicted molar refractivity (Wildman–Crippen MR) is 56.2 cm³/mol. The molecule has 0 fully saturated rings. The minimum atomic E-state index is -4.37. The van der Waals surface area contributed by atoms with E-state index >= 15 is 0 Å². The molecule has 1 aromatic carbocycles. The maximum atomic E-state index is 12.4. The van der Waals surface area contributed by atoms with Crippen molar-refractivity contribution in [1.82, 2.24) is 0 Å². The molecule has 5 heteroatoms. The number of halogens is 3. The number of esters is 1. The van der Waals surface area contributed by atoms with E-state index in [9.17, 15) is 18.0 Å². The molecule has 0 unspecified atom stereocenters. The first kappa shape index (κ1) is 13.5. The summed E-state index contributed by atoms with van der Waals surface area (Å²) in [5.41, 5.74) is 0.353. The van der Waals surface area contributed by atoms with Crippen molar-refractivity contribution in [3.05, 3.63) is 35.9 Å². The molecule has 0 aliphatic rings. The summed E-state index contributed by atoms with van der Waals surface area (Å²) in [5.74, 6) is -0.636. The van der Waals surface area contributed by atoms with Crippen LogP contribution in [0.5, 0.6) is 0 Å². The molecule has 0 amide bonds. The van der Waals surface area contributed by atoms with Gasteiger partial charge in [0.05, 0.1) is 6.42 Å². The molecule has 0 heterocycles. The fraction of sp³-hybridized carbons (Fsp3) is 0.417. The fourth-order valence-corrected chi connectivity index (χ4v) is 1.35. The van der Waals surface area contributed by atoms with Crippen molar-refractivity contribution in [3.63, 3.8) is 0 Å². The van der Waals surface area contributed by atoms with E-state index in [-0.39, 0.29) is 6.42 Å². The third-order valence-corrected chi connectivity index (χ3v) is 2.15. The van der Waals surface area contributed by atoms with E-state index in [0.29, 0.717) is 5.56 Å². The minimum absolute atomic E-state index is 0.0567. The van der Waals surface area contributed by atoms with Gasteiger partial charge < -0.3 is 4.74 Å². The summed E-state index contributed by atoms with van der Waals surface area (Å²) in [6.07, 6.45) is -6.73. The summed E-state index contributed by atoms with van der Waals surface area (Å²) < 4.78 is 41.9. The van der Waals surface area contributed by atoms with Crippen molar-refractivity contribution >= 4 is 5.97 Å². The fourth-order valence-electron chi connectivity index (χ4n) is 1.35. The highest BCUT2D eigenvalue weighted by molar-refractivity contribution is 5.69. The third-order valence-electron chi connectivity index (χ3n) is 2.15. The van der Waals surface area contributed by atoms with Crippen molar-refractivity contribution < 1.29 is 22.7 Å². The van der Waals surface area contributed by atoms with E-state index in [4.69, 9.17) is 4.74 Å². The monoisotopic (exact) mass is 246 g/mol. The molecule has 1 rings (SSSR count). The van der Waals surface area contributed by atoms with Crippen LogP contribution in [0.4, 0.5) is 13.2 Å². The Morgan fingerprint density at radius 2 is 1.88 bits per heavy atom. The van der Waals surface area contributed by atoms with Gasteiger partial charge in [0.1, 0.15) is 6.10 Å². The maximum Gasteiger partial charge on any atom is 0.392 e. The molecule has 1 aromatic rings. The minimum Gasteiger partial charge on any atom is -0.457 e. The molecule has 0 saturated carbocycles. The van der Waals surface area contributed by atoms with Gasteiger partial charge >= 0.3 is 12.1 Å². The molecule has 0 N–H and O–H groups in total. The van der Waals surface area contributed by atoms with E-state index in [1.54, 1.807) is 18.2 Å². The molecule has 2 nitrogen and oxygen atoms in total. The number of carbonyl (C=O) groups excluding carboxylic acids is 1. The summed E-state index contributed by atoms with van der Waals surface area (Å²) in [4.78, 5) is 11.1. The molecule has 0 saturated heterocycles. The van der Waals surface area contributed by atoms with E-state index in [1.165, 1.54) is 19.1 Å². The normalized spacial score (nSPS) is 13.2. The van der Waals surface area contributed by atoms with Gasteiger partial charge in [0.15, 0.2) is 0 Å². The van der Waals surface area contributed by atoms with Crippen molar-refractivity contribution in [2.45, 2.75) is 32.0 Å². The second kappa shape index (κ2) is 5.70. The molecule has 0 aliphatic carbocycles. The lowest BCUT2D eigenvalue weighted by Gasteiger charge is -2.19. The topological polar surface area (TPSA) is 26.3 Å². The van der Waals surface area contributed by atoms with Crippen LogP contribution in [0.15, 0.2) is 30.3 Å². The standard InChI is InChI=1S/C12H13F3O2/c1-2-11(16)17-10(8-12(13,14)15)9-6-4-3-5-7-9/h3-7,10H,2,8H2,1H3/t10-/m1/s1. The smallest absolute Gasteiger partial charge is 0.392 e. The SMILES string of the molecule is CCC(=O)O[C@H](CC(F)(F)F)c1ccccc1. The highest BCUT2D eigenvalue weighted by atomic mass is 19.4. The first-order valence-electron chi connectivity index (χ1n) is 5.23. The largest absolute Gasteiger partial charge is 0.457 e. The number of hydrogen-bond donors (Lipinski definition) is 0. The Hall–Kier alpha value is -1.52. The third kappa shape index (κ3) is 4.89. The molecule has 94 valence electrons. The number of alkyl halides is 3. The Kier molecular flexibility index (Phi) is 4.54. The highest BCUT2D eigenvalue weighted by Crippen LogP contribution is 2.32. The second-order valence-electron chi connectivity index (χ2n) is 3.56. The zero-order valence-electron chi connectivity index (χ0n) is 9.33. The molecule has 0 spiro atoms. The Bertz CT molecular complexity index is 360. The Balaban J connectivity index is 2.83. The van der Waals surface area contributed by atoms with E-state index < -0.39 is 24.7 Å². The zero-order chi connectivity index (χ0) is 12.9. The number of hydrogen-bond acceptors (Lipinski definition) is 2. The Morgan fingerprint density at radius 3 is 2.35 bits per heavy atom. The predicted octanol–water partition coefficient (Wildman–Crippen LogP) is 3.63. The molecule has 0 bridgehead atoms. The van der Waals surface area contributed by atoms with Crippen molar-refractivity contribution in [1.29, 1.82) is 0 Å². The molecule has 17 heavy (non-hydrogen) atoms. The van der Waals surface area contributed by atoms with Gasteiger partial charge in [-0.1, -0.05) is 37.3 Å². The lowest BCUT2D eigenvalue weighted by Crippen LogP contribution is -2.18. The van der Waals surface area contributed by atoms with Crippen LogP contribution in [0.2, 0.25) is 0 Å². The van der Waals surface area contributed by atoms with Crippen LogP contribution >= 0.6 is 0 Å². The van der Waals surface area contributed by atoms with Gasteiger partial charge in [-0.2, -0.15) is 13.2 Å². The van der Waals surface area contributed by atoms with Crippen molar-refractivity contribution in [2.75, 3.05) is 0 Å².